The summed E-state index contributed by atoms with van der Waals surface area (Å²) in [5, 5.41) is 17.3. The van der Waals surface area contributed by atoms with Gasteiger partial charge in [-0.05, 0) is 74.1 Å². The first-order valence-electron chi connectivity index (χ1n) is 19.8. The maximum absolute atomic E-state index is 6.87. The number of aliphatic imine (C=N–C) groups is 1. The zero-order valence-corrected chi connectivity index (χ0v) is 32.1. The van der Waals surface area contributed by atoms with Crippen molar-refractivity contribution in [1.29, 1.82) is 0 Å². The van der Waals surface area contributed by atoms with E-state index in [0.29, 0.717) is 0 Å². The predicted molar refractivity (Wildman–Crippen MR) is 244 cm³/mol. The molecular formula is C53H35N3OS. The van der Waals surface area contributed by atoms with Crippen molar-refractivity contribution in [2.75, 3.05) is 0 Å². The molecule has 3 heterocycles. The summed E-state index contributed by atoms with van der Waals surface area (Å²) >= 11 is 1.84. The fourth-order valence-electron chi connectivity index (χ4n) is 9.09. The Hall–Kier alpha value is -7.05. The second kappa shape index (κ2) is 13.3. The van der Waals surface area contributed by atoms with E-state index in [4.69, 9.17) is 9.41 Å². The SMILES string of the molecule is c1ccc(C2=NC(c3cccc4sc5ccccc5c34)NC(c3ccc(-c4ccc(-c5ccccc5)c5oc6cc7ccccc7cc6c45)c4ccccc34)N2)cc1. The fraction of sp³-hybridized carbons (Fsp3) is 0.0377. The molecule has 2 atom stereocenters. The van der Waals surface area contributed by atoms with E-state index < -0.39 is 0 Å². The molecule has 2 unspecified atom stereocenters. The number of nitrogens with zero attached hydrogens (tertiary/aromatic N) is 1. The molecule has 4 nitrogen and oxygen atoms in total. The monoisotopic (exact) mass is 761 g/mol. The predicted octanol–water partition coefficient (Wildman–Crippen LogP) is 13.9. The highest BCUT2D eigenvalue weighted by molar-refractivity contribution is 7.25. The van der Waals surface area contributed by atoms with E-state index in [2.05, 4.69) is 199 Å². The van der Waals surface area contributed by atoms with E-state index in [1.807, 2.05) is 11.3 Å². The minimum absolute atomic E-state index is 0.224. The molecule has 11 aromatic rings. The molecule has 0 bridgehead atoms. The normalized spacial score (nSPS) is 15.8. The largest absolute Gasteiger partial charge is 0.455 e. The van der Waals surface area contributed by atoms with Gasteiger partial charge in [0.25, 0.3) is 0 Å². The van der Waals surface area contributed by atoms with Crippen LogP contribution in [0.25, 0.3) is 85.9 Å². The maximum Gasteiger partial charge on any atom is 0.143 e. The van der Waals surface area contributed by atoms with Gasteiger partial charge < -0.3 is 9.73 Å². The molecule has 1 aliphatic heterocycles. The Morgan fingerprint density at radius 1 is 0.466 bits per heavy atom. The second-order valence-corrected chi connectivity index (χ2v) is 16.2. The third-order valence-electron chi connectivity index (χ3n) is 11.8. The third-order valence-corrected chi connectivity index (χ3v) is 12.9. The van der Waals surface area contributed by atoms with Crippen LogP contribution in [0.4, 0.5) is 0 Å². The van der Waals surface area contributed by atoms with Crippen LogP contribution in [-0.4, -0.2) is 5.84 Å². The van der Waals surface area contributed by atoms with Crippen LogP contribution in [0.1, 0.15) is 29.0 Å². The summed E-state index contributed by atoms with van der Waals surface area (Å²) in [5.74, 6) is 0.870. The number of nitrogens with one attached hydrogen (secondary N) is 2. The third kappa shape index (κ3) is 5.28. The van der Waals surface area contributed by atoms with Gasteiger partial charge in [0.15, 0.2) is 0 Å². The Morgan fingerprint density at radius 2 is 1.12 bits per heavy atom. The summed E-state index contributed by atoms with van der Waals surface area (Å²) in [6, 6.07) is 67.3. The van der Waals surface area contributed by atoms with Crippen LogP contribution in [0, 0.1) is 0 Å². The molecule has 2 N–H and O–H groups in total. The second-order valence-electron chi connectivity index (χ2n) is 15.1. The number of furan rings is 1. The molecule has 1 aliphatic rings. The maximum atomic E-state index is 6.87. The molecule has 0 radical (unpaired) electrons. The zero-order valence-electron chi connectivity index (χ0n) is 31.3. The lowest BCUT2D eigenvalue weighted by Crippen LogP contribution is -2.45. The van der Waals surface area contributed by atoms with E-state index in [9.17, 15) is 0 Å². The minimum Gasteiger partial charge on any atom is -0.455 e. The van der Waals surface area contributed by atoms with Gasteiger partial charge in [-0.1, -0.05) is 158 Å². The van der Waals surface area contributed by atoms with Crippen LogP contribution in [-0.2, 0) is 0 Å². The molecule has 274 valence electrons. The molecule has 0 saturated heterocycles. The van der Waals surface area contributed by atoms with Gasteiger partial charge in [0.1, 0.15) is 29.3 Å². The molecule has 0 aliphatic carbocycles. The van der Waals surface area contributed by atoms with Crippen LogP contribution in [0.2, 0.25) is 0 Å². The Balaban J connectivity index is 1.05. The van der Waals surface area contributed by atoms with Crippen LogP contribution in [0.5, 0.6) is 0 Å². The Labute approximate surface area is 338 Å². The van der Waals surface area contributed by atoms with Crippen molar-refractivity contribution in [2.45, 2.75) is 12.3 Å². The van der Waals surface area contributed by atoms with Crippen molar-refractivity contribution < 1.29 is 4.42 Å². The highest BCUT2D eigenvalue weighted by atomic mass is 32.1. The van der Waals surface area contributed by atoms with Gasteiger partial charge in [-0.25, -0.2) is 4.99 Å². The van der Waals surface area contributed by atoms with Crippen molar-refractivity contribution >= 4 is 80.8 Å². The molecule has 9 aromatic carbocycles. The number of hydrogen-bond donors (Lipinski definition) is 2. The number of rotatable bonds is 5. The topological polar surface area (TPSA) is 49.6 Å². The number of benzene rings is 9. The standard InChI is InChI=1S/C53H35N3OS/c1-3-14-32(15-4-1)36-26-28-40(49-44-30-34-18-7-8-19-35(34)31-45(44)57-50(36)49)39-27-29-41(38-21-10-9-20-37(38)39)52-54-51(33-16-5-2-6-17-33)55-53(56-52)43-23-13-25-47-48(43)42-22-11-12-24-46(42)58-47/h1-31,52-53,56H,(H,54,55). The van der Waals surface area contributed by atoms with Crippen LogP contribution >= 0.6 is 11.3 Å². The van der Waals surface area contributed by atoms with Crippen molar-refractivity contribution in [2.24, 2.45) is 4.99 Å². The van der Waals surface area contributed by atoms with Gasteiger partial charge in [-0.3, -0.25) is 5.32 Å². The Kier molecular flexibility index (Phi) is 7.58. The van der Waals surface area contributed by atoms with Gasteiger partial charge >= 0.3 is 0 Å². The van der Waals surface area contributed by atoms with Gasteiger partial charge in [-0.15, -0.1) is 11.3 Å². The van der Waals surface area contributed by atoms with Crippen LogP contribution in [0.15, 0.2) is 197 Å². The van der Waals surface area contributed by atoms with Gasteiger partial charge in [0.05, 0.1) is 0 Å². The fourth-order valence-corrected chi connectivity index (χ4v) is 10.2. The molecule has 0 spiro atoms. The molecule has 0 saturated carbocycles. The summed E-state index contributed by atoms with van der Waals surface area (Å²) in [7, 11) is 0. The number of amidine groups is 1. The smallest absolute Gasteiger partial charge is 0.143 e. The van der Waals surface area contributed by atoms with Crippen LogP contribution in [0.3, 0.4) is 0 Å². The molecule has 0 fully saturated rings. The molecule has 2 aromatic heterocycles. The lowest BCUT2D eigenvalue weighted by molar-refractivity contribution is 0.413. The first-order chi connectivity index (χ1) is 28.7. The quantitative estimate of drug-likeness (QED) is 0.184. The zero-order chi connectivity index (χ0) is 38.2. The molecule has 5 heteroatoms. The van der Waals surface area contributed by atoms with E-state index in [1.54, 1.807) is 0 Å². The van der Waals surface area contributed by atoms with E-state index in [1.165, 1.54) is 52.8 Å². The number of hydrogen-bond acceptors (Lipinski definition) is 5. The highest BCUT2D eigenvalue weighted by Gasteiger charge is 2.29. The lowest BCUT2D eigenvalue weighted by atomic mass is 9.89. The van der Waals surface area contributed by atoms with Gasteiger partial charge in [0.2, 0.25) is 0 Å². The van der Waals surface area contributed by atoms with Gasteiger partial charge in [-0.2, -0.15) is 0 Å². The van der Waals surface area contributed by atoms with E-state index in [0.717, 1.165) is 55.6 Å². The molecule has 58 heavy (non-hydrogen) atoms. The number of thiophene rings is 1. The van der Waals surface area contributed by atoms with Crippen LogP contribution < -0.4 is 10.6 Å². The summed E-state index contributed by atoms with van der Waals surface area (Å²) < 4.78 is 9.42. The molecule has 0 amide bonds. The summed E-state index contributed by atoms with van der Waals surface area (Å²) in [6.45, 7) is 0. The first-order valence-corrected chi connectivity index (χ1v) is 20.6. The highest BCUT2D eigenvalue weighted by Crippen LogP contribution is 2.46. The molecule has 12 rings (SSSR count). The lowest BCUT2D eigenvalue weighted by Gasteiger charge is -2.33. The van der Waals surface area contributed by atoms with Crippen molar-refractivity contribution in [3.05, 3.63) is 205 Å². The molecular weight excluding hydrogens is 727 g/mol. The Morgan fingerprint density at radius 3 is 1.95 bits per heavy atom. The van der Waals surface area contributed by atoms with Gasteiger partial charge in [0, 0.05) is 47.6 Å². The summed E-state index contributed by atoms with van der Waals surface area (Å²) in [6.07, 6.45) is -0.503. The van der Waals surface area contributed by atoms with E-state index in [-0.39, 0.29) is 12.3 Å². The minimum atomic E-state index is -0.279. The first kappa shape index (κ1) is 33.1. The average molecular weight is 762 g/mol. The summed E-state index contributed by atoms with van der Waals surface area (Å²) in [5.41, 5.74) is 9.72. The van der Waals surface area contributed by atoms with Crippen molar-refractivity contribution in [3.63, 3.8) is 0 Å². The summed E-state index contributed by atoms with van der Waals surface area (Å²) in [4.78, 5) is 5.38. The number of fused-ring (bicyclic) bond motifs is 8. The van der Waals surface area contributed by atoms with Crippen molar-refractivity contribution in [1.82, 2.24) is 10.6 Å². The van der Waals surface area contributed by atoms with Crippen molar-refractivity contribution in [3.8, 4) is 22.3 Å². The average Bonchev–Trinajstić information content (AvgIpc) is 3.86. The Bertz CT molecular complexity index is 3420. The van der Waals surface area contributed by atoms with E-state index >= 15 is 0 Å².